The molecule has 1 aromatic carbocycles. The molecular formula is C18H17ClN6O2. The summed E-state index contributed by atoms with van der Waals surface area (Å²) in [5.74, 6) is 0.790. The number of aromatic nitrogens is 4. The number of aromatic amines is 1. The van der Waals surface area contributed by atoms with Crippen LogP contribution in [0.25, 0.3) is 11.2 Å². The van der Waals surface area contributed by atoms with E-state index in [-0.39, 0.29) is 18.2 Å². The number of halogens is 1. The Morgan fingerprint density at radius 3 is 3.07 bits per heavy atom. The average Bonchev–Trinajstić information content (AvgIpc) is 3.34. The summed E-state index contributed by atoms with van der Waals surface area (Å²) in [6.45, 7) is 1.86. The van der Waals surface area contributed by atoms with Gasteiger partial charge in [0.25, 0.3) is 0 Å². The van der Waals surface area contributed by atoms with E-state index in [4.69, 9.17) is 16.3 Å². The smallest absolute Gasteiger partial charge is 0.410 e. The van der Waals surface area contributed by atoms with E-state index in [1.807, 2.05) is 29.2 Å². The third-order valence-electron chi connectivity index (χ3n) is 5.16. The zero-order valence-electron chi connectivity index (χ0n) is 14.4. The summed E-state index contributed by atoms with van der Waals surface area (Å²) in [6.07, 6.45) is 3.44. The Morgan fingerprint density at radius 2 is 2.19 bits per heavy atom. The maximum absolute atomic E-state index is 12.3. The highest BCUT2D eigenvalue weighted by Gasteiger charge is 2.48. The van der Waals surface area contributed by atoms with E-state index >= 15 is 0 Å². The molecule has 0 unspecified atom stereocenters. The van der Waals surface area contributed by atoms with Gasteiger partial charge in [0.2, 0.25) is 0 Å². The SMILES string of the molecule is O=C1O[C@@H]2CN(c3ncnc4nc[nH]c34)C[C@@H]2N1CCc1cccc(Cl)c1. The number of ether oxygens (including phenoxy) is 1. The fourth-order valence-electron chi connectivity index (χ4n) is 3.87. The molecule has 2 fully saturated rings. The van der Waals surface area contributed by atoms with E-state index in [1.54, 1.807) is 6.33 Å². The topological polar surface area (TPSA) is 87.2 Å². The standard InChI is InChI=1S/C18H17ClN6O2/c19-12-3-1-2-11(6-12)4-5-25-13-7-24(8-14(13)27-18(25)26)17-15-16(21-9-20-15)22-10-23-17/h1-3,6,9-10,13-14H,4-5,7-8H2,(H,20,21,22,23)/t13-,14+/m0/s1. The predicted molar refractivity (Wildman–Crippen MR) is 99.8 cm³/mol. The fourth-order valence-corrected chi connectivity index (χ4v) is 4.08. The van der Waals surface area contributed by atoms with E-state index in [2.05, 4.69) is 24.8 Å². The minimum absolute atomic E-state index is 0.00428. The number of nitrogens with one attached hydrogen (secondary N) is 1. The Labute approximate surface area is 160 Å². The van der Waals surface area contributed by atoms with Gasteiger partial charge in [-0.3, -0.25) is 4.90 Å². The molecule has 2 aliphatic rings. The van der Waals surface area contributed by atoms with Crippen LogP contribution in [0.3, 0.4) is 0 Å². The van der Waals surface area contributed by atoms with Crippen LogP contribution in [0.15, 0.2) is 36.9 Å². The van der Waals surface area contributed by atoms with Gasteiger partial charge in [0.15, 0.2) is 11.5 Å². The zero-order valence-corrected chi connectivity index (χ0v) is 15.1. The van der Waals surface area contributed by atoms with E-state index in [0.29, 0.717) is 30.3 Å². The predicted octanol–water partition coefficient (Wildman–Crippen LogP) is 2.26. The van der Waals surface area contributed by atoms with Crippen molar-refractivity contribution in [3.63, 3.8) is 0 Å². The maximum Gasteiger partial charge on any atom is 0.410 e. The van der Waals surface area contributed by atoms with Gasteiger partial charge in [-0.05, 0) is 24.1 Å². The molecule has 1 N–H and O–H groups in total. The summed E-state index contributed by atoms with van der Waals surface area (Å²) >= 11 is 6.05. The largest absolute Gasteiger partial charge is 0.442 e. The number of hydrogen-bond donors (Lipinski definition) is 1. The van der Waals surface area contributed by atoms with Crippen LogP contribution in [0.4, 0.5) is 10.6 Å². The number of hydrogen-bond acceptors (Lipinski definition) is 6. The zero-order chi connectivity index (χ0) is 18.4. The fraction of sp³-hybridized carbons (Fsp3) is 0.333. The third-order valence-corrected chi connectivity index (χ3v) is 5.39. The van der Waals surface area contributed by atoms with E-state index in [0.717, 1.165) is 23.3 Å². The number of carbonyl (C=O) groups is 1. The highest BCUT2D eigenvalue weighted by molar-refractivity contribution is 6.30. The number of imidazole rings is 1. The van der Waals surface area contributed by atoms with Crippen LogP contribution in [-0.4, -0.2) is 62.7 Å². The second-order valence-corrected chi connectivity index (χ2v) is 7.20. The van der Waals surface area contributed by atoms with Gasteiger partial charge < -0.3 is 14.6 Å². The van der Waals surface area contributed by atoms with Gasteiger partial charge in [0.05, 0.1) is 18.9 Å². The molecule has 0 radical (unpaired) electrons. The normalized spacial score (nSPS) is 21.7. The molecule has 4 heterocycles. The van der Waals surface area contributed by atoms with Crippen molar-refractivity contribution in [2.45, 2.75) is 18.6 Å². The second-order valence-electron chi connectivity index (χ2n) is 6.77. The first-order chi connectivity index (χ1) is 13.2. The molecule has 2 saturated heterocycles. The molecule has 3 aromatic rings. The Balaban J connectivity index is 1.33. The molecule has 1 amide bonds. The highest BCUT2D eigenvalue weighted by atomic mass is 35.5. The van der Waals surface area contributed by atoms with Crippen molar-refractivity contribution in [2.75, 3.05) is 24.5 Å². The van der Waals surface area contributed by atoms with Crippen LogP contribution in [0.5, 0.6) is 0 Å². The first-order valence-electron chi connectivity index (χ1n) is 8.80. The Hall–Kier alpha value is -2.87. The lowest BCUT2D eigenvalue weighted by atomic mass is 10.1. The lowest BCUT2D eigenvalue weighted by Gasteiger charge is -2.23. The van der Waals surface area contributed by atoms with Crippen LogP contribution in [-0.2, 0) is 11.2 Å². The van der Waals surface area contributed by atoms with E-state index in [1.165, 1.54) is 6.33 Å². The Kier molecular flexibility index (Phi) is 3.86. The first-order valence-corrected chi connectivity index (χ1v) is 9.17. The maximum atomic E-state index is 12.3. The summed E-state index contributed by atoms with van der Waals surface area (Å²) in [6, 6.07) is 7.71. The number of amides is 1. The lowest BCUT2D eigenvalue weighted by molar-refractivity contribution is 0.136. The number of benzene rings is 1. The minimum Gasteiger partial charge on any atom is -0.442 e. The number of anilines is 1. The van der Waals surface area contributed by atoms with Crippen molar-refractivity contribution in [1.29, 1.82) is 0 Å². The minimum atomic E-state index is -0.249. The van der Waals surface area contributed by atoms with Crippen LogP contribution in [0.1, 0.15) is 5.56 Å². The second kappa shape index (κ2) is 6.38. The van der Waals surface area contributed by atoms with Gasteiger partial charge in [-0.2, -0.15) is 0 Å². The van der Waals surface area contributed by atoms with Crippen molar-refractivity contribution >= 4 is 34.7 Å². The van der Waals surface area contributed by atoms with Gasteiger partial charge in [0, 0.05) is 18.1 Å². The van der Waals surface area contributed by atoms with Crippen molar-refractivity contribution in [2.24, 2.45) is 0 Å². The van der Waals surface area contributed by atoms with Gasteiger partial charge in [-0.25, -0.2) is 19.7 Å². The third kappa shape index (κ3) is 2.86. The summed E-state index contributed by atoms with van der Waals surface area (Å²) in [4.78, 5) is 32.1. The number of nitrogens with zero attached hydrogens (tertiary/aromatic N) is 5. The molecule has 138 valence electrons. The first kappa shape index (κ1) is 16.3. The summed E-state index contributed by atoms with van der Waals surface area (Å²) in [7, 11) is 0. The van der Waals surface area contributed by atoms with Crippen LogP contribution in [0.2, 0.25) is 5.02 Å². The molecule has 0 spiro atoms. The van der Waals surface area contributed by atoms with E-state index < -0.39 is 0 Å². The molecule has 27 heavy (non-hydrogen) atoms. The molecule has 5 rings (SSSR count). The molecule has 2 atom stereocenters. The quantitative estimate of drug-likeness (QED) is 0.742. The summed E-state index contributed by atoms with van der Waals surface area (Å²) in [5.41, 5.74) is 2.53. The molecular weight excluding hydrogens is 368 g/mol. The van der Waals surface area contributed by atoms with E-state index in [9.17, 15) is 4.79 Å². The number of fused-ring (bicyclic) bond motifs is 2. The summed E-state index contributed by atoms with van der Waals surface area (Å²) < 4.78 is 5.61. The average molecular weight is 385 g/mol. The van der Waals surface area contributed by atoms with Crippen molar-refractivity contribution in [3.05, 3.63) is 47.5 Å². The molecule has 2 aliphatic heterocycles. The molecule has 2 aromatic heterocycles. The Bertz CT molecular complexity index is 1010. The van der Waals surface area contributed by atoms with Gasteiger partial charge in [0.1, 0.15) is 17.9 Å². The van der Waals surface area contributed by atoms with Gasteiger partial charge >= 0.3 is 6.09 Å². The van der Waals surface area contributed by atoms with Gasteiger partial charge in [-0.1, -0.05) is 23.7 Å². The van der Waals surface area contributed by atoms with Crippen LogP contribution < -0.4 is 4.90 Å². The number of H-pyrrole nitrogens is 1. The lowest BCUT2D eigenvalue weighted by Crippen LogP contribution is -2.39. The summed E-state index contributed by atoms with van der Waals surface area (Å²) in [5, 5.41) is 0.703. The van der Waals surface area contributed by atoms with Crippen LogP contribution in [0, 0.1) is 0 Å². The highest BCUT2D eigenvalue weighted by Crippen LogP contribution is 2.31. The number of rotatable bonds is 4. The van der Waals surface area contributed by atoms with Crippen LogP contribution >= 0.6 is 11.6 Å². The molecule has 0 aliphatic carbocycles. The monoisotopic (exact) mass is 384 g/mol. The Morgan fingerprint density at radius 1 is 1.26 bits per heavy atom. The molecule has 8 nitrogen and oxygen atoms in total. The molecule has 0 bridgehead atoms. The van der Waals surface area contributed by atoms with Crippen molar-refractivity contribution in [3.8, 4) is 0 Å². The molecule has 9 heteroatoms. The number of carbonyl (C=O) groups excluding carboxylic acids is 1. The van der Waals surface area contributed by atoms with Gasteiger partial charge in [-0.15, -0.1) is 0 Å². The molecule has 0 saturated carbocycles. The van der Waals surface area contributed by atoms with Crippen molar-refractivity contribution < 1.29 is 9.53 Å². The van der Waals surface area contributed by atoms with Crippen molar-refractivity contribution in [1.82, 2.24) is 24.8 Å².